The molecule has 0 spiro atoms. The lowest BCUT2D eigenvalue weighted by molar-refractivity contribution is 0.129. The molecule has 18 heavy (non-hydrogen) atoms. The second kappa shape index (κ2) is 9.23. The van der Waals surface area contributed by atoms with Gasteiger partial charge in [-0.3, -0.25) is 0 Å². The van der Waals surface area contributed by atoms with Crippen LogP contribution < -0.4 is 0 Å². The third-order valence-corrected chi connectivity index (χ3v) is 2.61. The van der Waals surface area contributed by atoms with Gasteiger partial charge in [-0.1, -0.05) is 48.8 Å². The SMILES string of the molecule is CCCCC(CCC#N)=NOCc1ccccc1. The van der Waals surface area contributed by atoms with Crippen molar-refractivity contribution >= 4 is 5.71 Å². The van der Waals surface area contributed by atoms with Gasteiger partial charge in [0.1, 0.15) is 6.61 Å². The van der Waals surface area contributed by atoms with Crippen molar-refractivity contribution in [3.63, 3.8) is 0 Å². The molecule has 1 rings (SSSR count). The molecule has 3 nitrogen and oxygen atoms in total. The number of nitrogens with zero attached hydrogens (tertiary/aromatic N) is 2. The van der Waals surface area contributed by atoms with Crippen LogP contribution in [0.25, 0.3) is 0 Å². The van der Waals surface area contributed by atoms with Gasteiger partial charge >= 0.3 is 0 Å². The maximum atomic E-state index is 8.60. The normalized spacial score (nSPS) is 11.0. The van der Waals surface area contributed by atoms with Gasteiger partial charge in [-0.25, -0.2) is 0 Å². The molecule has 0 aliphatic carbocycles. The van der Waals surface area contributed by atoms with Gasteiger partial charge in [-0.05, 0) is 18.4 Å². The smallest absolute Gasteiger partial charge is 0.142 e. The molecule has 0 fully saturated rings. The van der Waals surface area contributed by atoms with Crippen LogP contribution in [-0.4, -0.2) is 5.71 Å². The molecular formula is C15H20N2O. The first-order chi connectivity index (χ1) is 8.86. The number of rotatable bonds is 8. The number of unbranched alkanes of at least 4 members (excludes halogenated alkanes) is 1. The molecule has 0 saturated carbocycles. The van der Waals surface area contributed by atoms with E-state index in [1.54, 1.807) is 0 Å². The fraction of sp³-hybridized carbons (Fsp3) is 0.467. The second-order valence-electron chi connectivity index (χ2n) is 4.18. The Hall–Kier alpha value is -1.82. The largest absolute Gasteiger partial charge is 0.391 e. The monoisotopic (exact) mass is 244 g/mol. The van der Waals surface area contributed by atoms with Crippen LogP contribution in [0.5, 0.6) is 0 Å². The van der Waals surface area contributed by atoms with E-state index in [2.05, 4.69) is 18.1 Å². The Morgan fingerprint density at radius 1 is 1.28 bits per heavy atom. The summed E-state index contributed by atoms with van der Waals surface area (Å²) in [7, 11) is 0. The molecule has 96 valence electrons. The molecule has 0 aromatic heterocycles. The maximum absolute atomic E-state index is 8.60. The van der Waals surface area contributed by atoms with E-state index in [1.165, 1.54) is 0 Å². The lowest BCUT2D eigenvalue weighted by atomic mass is 10.1. The Morgan fingerprint density at radius 2 is 2.06 bits per heavy atom. The van der Waals surface area contributed by atoms with Crippen LogP contribution in [0, 0.1) is 11.3 Å². The Kier molecular flexibility index (Phi) is 7.31. The molecule has 0 radical (unpaired) electrons. The van der Waals surface area contributed by atoms with Crippen LogP contribution in [0.1, 0.15) is 44.6 Å². The highest BCUT2D eigenvalue weighted by Gasteiger charge is 2.00. The predicted octanol–water partition coefficient (Wildman–Crippen LogP) is 4.05. The standard InChI is InChI=1S/C15H20N2O/c1-2-3-10-15(11-7-12-16)17-18-13-14-8-5-4-6-9-14/h4-6,8-9H,2-3,7,10-11,13H2,1H3. The number of hydrogen-bond donors (Lipinski definition) is 0. The average Bonchev–Trinajstić information content (AvgIpc) is 2.42. The lowest BCUT2D eigenvalue weighted by Crippen LogP contribution is -2.00. The van der Waals surface area contributed by atoms with Gasteiger partial charge in [0.15, 0.2) is 0 Å². The molecule has 0 heterocycles. The van der Waals surface area contributed by atoms with Crippen LogP contribution in [-0.2, 0) is 11.4 Å². The van der Waals surface area contributed by atoms with Crippen molar-refractivity contribution in [2.45, 2.75) is 45.6 Å². The van der Waals surface area contributed by atoms with E-state index in [-0.39, 0.29) is 0 Å². The minimum absolute atomic E-state index is 0.489. The van der Waals surface area contributed by atoms with Crippen LogP contribution in [0.15, 0.2) is 35.5 Å². The highest BCUT2D eigenvalue weighted by molar-refractivity contribution is 5.84. The minimum Gasteiger partial charge on any atom is -0.391 e. The molecule has 0 amide bonds. The number of nitriles is 1. The van der Waals surface area contributed by atoms with E-state index in [1.807, 2.05) is 30.3 Å². The molecule has 1 aromatic rings. The maximum Gasteiger partial charge on any atom is 0.142 e. The zero-order valence-electron chi connectivity index (χ0n) is 10.9. The zero-order chi connectivity index (χ0) is 13.1. The summed E-state index contributed by atoms with van der Waals surface area (Å²) in [5.41, 5.74) is 2.10. The van der Waals surface area contributed by atoms with E-state index >= 15 is 0 Å². The van der Waals surface area contributed by atoms with E-state index in [9.17, 15) is 0 Å². The Labute approximate surface area is 109 Å². The van der Waals surface area contributed by atoms with Crippen LogP contribution in [0.2, 0.25) is 0 Å². The molecule has 0 N–H and O–H groups in total. The molecule has 0 atom stereocenters. The highest BCUT2D eigenvalue weighted by atomic mass is 16.6. The molecule has 0 aliphatic heterocycles. The molecule has 0 bridgehead atoms. The fourth-order valence-corrected chi connectivity index (χ4v) is 1.57. The highest BCUT2D eigenvalue weighted by Crippen LogP contribution is 2.06. The topological polar surface area (TPSA) is 45.4 Å². The Balaban J connectivity index is 2.41. The van der Waals surface area contributed by atoms with E-state index in [4.69, 9.17) is 10.1 Å². The van der Waals surface area contributed by atoms with Gasteiger partial charge in [-0.2, -0.15) is 5.26 Å². The van der Waals surface area contributed by atoms with Crippen LogP contribution >= 0.6 is 0 Å². The first-order valence-corrected chi connectivity index (χ1v) is 6.45. The molecule has 0 saturated heterocycles. The van der Waals surface area contributed by atoms with E-state index in [0.717, 1.165) is 30.5 Å². The minimum atomic E-state index is 0.489. The van der Waals surface area contributed by atoms with Crippen LogP contribution in [0.3, 0.4) is 0 Å². The number of hydrogen-bond acceptors (Lipinski definition) is 3. The summed E-state index contributed by atoms with van der Waals surface area (Å²) < 4.78 is 0. The van der Waals surface area contributed by atoms with Crippen molar-refractivity contribution in [3.05, 3.63) is 35.9 Å². The lowest BCUT2D eigenvalue weighted by Gasteiger charge is -2.04. The molecule has 0 unspecified atom stereocenters. The van der Waals surface area contributed by atoms with Gasteiger partial charge in [0.25, 0.3) is 0 Å². The number of oxime groups is 1. The summed E-state index contributed by atoms with van der Waals surface area (Å²) in [4.78, 5) is 5.35. The number of benzene rings is 1. The summed E-state index contributed by atoms with van der Waals surface area (Å²) in [6, 6.07) is 12.1. The molecule has 0 aliphatic rings. The summed E-state index contributed by atoms with van der Waals surface area (Å²) in [5.74, 6) is 0. The second-order valence-corrected chi connectivity index (χ2v) is 4.18. The Bertz CT molecular complexity index is 393. The first kappa shape index (κ1) is 14.2. The van der Waals surface area contributed by atoms with E-state index in [0.29, 0.717) is 19.4 Å². The predicted molar refractivity (Wildman–Crippen MR) is 73.0 cm³/mol. The van der Waals surface area contributed by atoms with Crippen molar-refractivity contribution in [1.29, 1.82) is 5.26 Å². The Morgan fingerprint density at radius 3 is 2.72 bits per heavy atom. The average molecular weight is 244 g/mol. The van der Waals surface area contributed by atoms with Gasteiger partial charge < -0.3 is 4.84 Å². The van der Waals surface area contributed by atoms with E-state index < -0.39 is 0 Å². The molecule has 3 heteroatoms. The quantitative estimate of drug-likeness (QED) is 0.511. The zero-order valence-corrected chi connectivity index (χ0v) is 10.9. The molecular weight excluding hydrogens is 224 g/mol. The summed E-state index contributed by atoms with van der Waals surface area (Å²) >= 11 is 0. The summed E-state index contributed by atoms with van der Waals surface area (Å²) in [6.07, 6.45) is 4.37. The van der Waals surface area contributed by atoms with Gasteiger partial charge in [0, 0.05) is 12.8 Å². The van der Waals surface area contributed by atoms with Crippen molar-refractivity contribution < 1.29 is 4.84 Å². The third-order valence-electron chi connectivity index (χ3n) is 2.61. The third kappa shape index (κ3) is 6.05. The summed E-state index contributed by atoms with van der Waals surface area (Å²) in [6.45, 7) is 2.63. The van der Waals surface area contributed by atoms with Gasteiger partial charge in [-0.15, -0.1) is 0 Å². The van der Waals surface area contributed by atoms with Crippen molar-refractivity contribution in [2.24, 2.45) is 5.16 Å². The molecule has 1 aromatic carbocycles. The van der Waals surface area contributed by atoms with Gasteiger partial charge in [0.2, 0.25) is 0 Å². The van der Waals surface area contributed by atoms with Crippen molar-refractivity contribution in [3.8, 4) is 6.07 Å². The summed E-state index contributed by atoms with van der Waals surface area (Å²) in [5, 5.41) is 12.8. The van der Waals surface area contributed by atoms with Crippen molar-refractivity contribution in [2.75, 3.05) is 0 Å². The van der Waals surface area contributed by atoms with Gasteiger partial charge in [0.05, 0.1) is 11.8 Å². The van der Waals surface area contributed by atoms with Crippen LogP contribution in [0.4, 0.5) is 0 Å². The van der Waals surface area contributed by atoms with Crippen molar-refractivity contribution in [1.82, 2.24) is 0 Å². The first-order valence-electron chi connectivity index (χ1n) is 6.45. The fourth-order valence-electron chi connectivity index (χ4n) is 1.57.